The highest BCUT2D eigenvalue weighted by atomic mass is 35.5. The molecule has 0 atom stereocenters. The molecule has 0 aliphatic heterocycles. The molecule has 1 aromatic heterocycles. The van der Waals surface area contributed by atoms with Crippen LogP contribution in [0.5, 0.6) is 0 Å². The van der Waals surface area contributed by atoms with Crippen LogP contribution in [0.4, 0.5) is 0 Å². The Labute approximate surface area is 171 Å². The molecule has 2 aromatic carbocycles. The number of nitrogens with zero attached hydrogens (tertiary/aromatic N) is 3. The number of aromatic nitrogens is 2. The fourth-order valence-corrected chi connectivity index (χ4v) is 3.14. The summed E-state index contributed by atoms with van der Waals surface area (Å²) in [5.41, 5.74) is 2.45. The molecule has 3 rings (SSSR count). The van der Waals surface area contributed by atoms with Gasteiger partial charge >= 0.3 is 0 Å². The first-order valence-electron chi connectivity index (χ1n) is 9.55. The second kappa shape index (κ2) is 10.5. The van der Waals surface area contributed by atoms with E-state index < -0.39 is 0 Å². The van der Waals surface area contributed by atoms with Crippen molar-refractivity contribution < 1.29 is 0 Å². The lowest BCUT2D eigenvalue weighted by Crippen LogP contribution is -2.38. The van der Waals surface area contributed by atoms with Gasteiger partial charge in [-0.25, -0.2) is 9.98 Å². The van der Waals surface area contributed by atoms with E-state index in [0.717, 1.165) is 42.9 Å². The smallest absolute Gasteiger partial charge is 0.191 e. The zero-order chi connectivity index (χ0) is 19.6. The van der Waals surface area contributed by atoms with E-state index >= 15 is 0 Å². The largest absolute Gasteiger partial charge is 0.357 e. The fourth-order valence-electron chi connectivity index (χ4n) is 2.92. The molecule has 3 aromatic rings. The second-order valence-corrected chi connectivity index (χ2v) is 6.90. The summed E-state index contributed by atoms with van der Waals surface area (Å²) in [6.07, 6.45) is 4.71. The van der Waals surface area contributed by atoms with E-state index in [-0.39, 0.29) is 0 Å². The summed E-state index contributed by atoms with van der Waals surface area (Å²) in [6.45, 7) is 4.97. The Morgan fingerprint density at radius 3 is 2.68 bits per heavy atom. The fraction of sp³-hybridized carbons (Fsp3) is 0.273. The molecule has 0 unspecified atom stereocenters. The van der Waals surface area contributed by atoms with Crippen LogP contribution in [0.15, 0.2) is 72.0 Å². The maximum absolute atomic E-state index is 6.05. The van der Waals surface area contributed by atoms with Crippen LogP contribution in [0.2, 0.25) is 5.02 Å². The molecule has 0 amide bonds. The molecule has 1 heterocycles. The normalized spacial score (nSPS) is 11.4. The van der Waals surface area contributed by atoms with Gasteiger partial charge in [0.1, 0.15) is 12.4 Å². The van der Waals surface area contributed by atoms with Gasteiger partial charge in [-0.2, -0.15) is 0 Å². The molecule has 0 spiro atoms. The molecule has 6 heteroatoms. The molecule has 0 fully saturated rings. The number of imidazole rings is 1. The standard InChI is InChI=1S/C22H26ClN5/c1-2-24-22(26-12-11-18-9-6-10-20(23)15-18)27-16-21-25-13-14-28(21)17-19-7-4-3-5-8-19/h3-10,13-15H,2,11-12,16-17H2,1H3,(H2,24,26,27). The number of benzene rings is 2. The van der Waals surface area contributed by atoms with Gasteiger partial charge in [0.25, 0.3) is 0 Å². The average molecular weight is 396 g/mol. The monoisotopic (exact) mass is 395 g/mol. The predicted octanol–water partition coefficient (Wildman–Crippen LogP) is 3.88. The van der Waals surface area contributed by atoms with E-state index in [2.05, 4.69) is 57.4 Å². The minimum absolute atomic E-state index is 0.520. The summed E-state index contributed by atoms with van der Waals surface area (Å²) in [5, 5.41) is 7.43. The number of hydrogen-bond donors (Lipinski definition) is 2. The topological polar surface area (TPSA) is 54.2 Å². The van der Waals surface area contributed by atoms with Crippen molar-refractivity contribution in [2.75, 3.05) is 13.1 Å². The summed E-state index contributed by atoms with van der Waals surface area (Å²) in [5.74, 6) is 1.73. The van der Waals surface area contributed by atoms with Gasteiger partial charge in [-0.3, -0.25) is 0 Å². The number of hydrogen-bond acceptors (Lipinski definition) is 2. The molecule has 0 aliphatic carbocycles. The van der Waals surface area contributed by atoms with Gasteiger partial charge in [0.2, 0.25) is 0 Å². The maximum Gasteiger partial charge on any atom is 0.191 e. The van der Waals surface area contributed by atoms with E-state index in [9.17, 15) is 0 Å². The Kier molecular flexibility index (Phi) is 7.50. The Balaban J connectivity index is 1.58. The molecule has 2 N–H and O–H groups in total. The summed E-state index contributed by atoms with van der Waals surface area (Å²) in [7, 11) is 0. The molecule has 146 valence electrons. The highest BCUT2D eigenvalue weighted by Gasteiger charge is 2.04. The molecule has 0 aliphatic rings. The molecule has 5 nitrogen and oxygen atoms in total. The quantitative estimate of drug-likeness (QED) is 0.449. The highest BCUT2D eigenvalue weighted by molar-refractivity contribution is 6.30. The van der Waals surface area contributed by atoms with Crippen LogP contribution in [0.3, 0.4) is 0 Å². The lowest BCUT2D eigenvalue weighted by Gasteiger charge is -2.12. The van der Waals surface area contributed by atoms with Gasteiger partial charge in [0.15, 0.2) is 5.96 Å². The van der Waals surface area contributed by atoms with Crippen LogP contribution in [-0.2, 0) is 19.5 Å². The van der Waals surface area contributed by atoms with Crippen LogP contribution in [-0.4, -0.2) is 28.6 Å². The first-order chi connectivity index (χ1) is 13.7. The van der Waals surface area contributed by atoms with E-state index in [1.54, 1.807) is 0 Å². The Morgan fingerprint density at radius 2 is 1.89 bits per heavy atom. The van der Waals surface area contributed by atoms with Gasteiger partial charge in [0.05, 0.1) is 0 Å². The van der Waals surface area contributed by atoms with Crippen molar-refractivity contribution in [3.8, 4) is 0 Å². The maximum atomic E-state index is 6.05. The minimum Gasteiger partial charge on any atom is -0.357 e. The van der Waals surface area contributed by atoms with E-state index in [1.807, 2.05) is 36.7 Å². The van der Waals surface area contributed by atoms with Crippen LogP contribution < -0.4 is 10.6 Å². The minimum atomic E-state index is 0.520. The zero-order valence-corrected chi connectivity index (χ0v) is 16.9. The second-order valence-electron chi connectivity index (χ2n) is 6.46. The number of guanidine groups is 1. The lowest BCUT2D eigenvalue weighted by atomic mass is 10.1. The molecular weight excluding hydrogens is 370 g/mol. The van der Waals surface area contributed by atoms with Crippen molar-refractivity contribution in [3.05, 3.63) is 89.0 Å². The molecule has 0 saturated heterocycles. The highest BCUT2D eigenvalue weighted by Crippen LogP contribution is 2.10. The third-order valence-corrected chi connectivity index (χ3v) is 4.55. The van der Waals surface area contributed by atoms with Crippen LogP contribution in [0.1, 0.15) is 23.9 Å². The molecule has 0 radical (unpaired) electrons. The van der Waals surface area contributed by atoms with Crippen LogP contribution in [0.25, 0.3) is 0 Å². The summed E-state index contributed by atoms with van der Waals surface area (Å²) in [4.78, 5) is 9.16. The molecule has 0 bridgehead atoms. The van der Waals surface area contributed by atoms with Gasteiger partial charge in [-0.05, 0) is 36.6 Å². The number of aliphatic imine (C=N–C) groups is 1. The van der Waals surface area contributed by atoms with Crippen molar-refractivity contribution in [2.45, 2.75) is 26.4 Å². The number of nitrogens with one attached hydrogen (secondary N) is 2. The van der Waals surface area contributed by atoms with Gasteiger partial charge in [-0.1, -0.05) is 54.1 Å². The SMILES string of the molecule is CCNC(=NCc1nccn1Cc1ccccc1)NCCc1cccc(Cl)c1. The van der Waals surface area contributed by atoms with Crippen molar-refractivity contribution >= 4 is 17.6 Å². The predicted molar refractivity (Wildman–Crippen MR) is 116 cm³/mol. The van der Waals surface area contributed by atoms with Crippen molar-refractivity contribution in [1.29, 1.82) is 0 Å². The first-order valence-corrected chi connectivity index (χ1v) is 9.93. The average Bonchev–Trinajstić information content (AvgIpc) is 3.14. The zero-order valence-electron chi connectivity index (χ0n) is 16.1. The number of rotatable bonds is 8. The van der Waals surface area contributed by atoms with E-state index in [0.29, 0.717) is 6.54 Å². The Bertz CT molecular complexity index is 889. The lowest BCUT2D eigenvalue weighted by molar-refractivity contribution is 0.716. The van der Waals surface area contributed by atoms with E-state index in [1.165, 1.54) is 11.1 Å². The van der Waals surface area contributed by atoms with Crippen molar-refractivity contribution in [3.63, 3.8) is 0 Å². The van der Waals surface area contributed by atoms with Crippen LogP contribution >= 0.6 is 11.6 Å². The van der Waals surface area contributed by atoms with Crippen LogP contribution in [0, 0.1) is 0 Å². The van der Waals surface area contributed by atoms with Gasteiger partial charge < -0.3 is 15.2 Å². The molecule has 28 heavy (non-hydrogen) atoms. The van der Waals surface area contributed by atoms with Crippen molar-refractivity contribution in [2.24, 2.45) is 4.99 Å². The summed E-state index contributed by atoms with van der Waals surface area (Å²) >= 11 is 6.05. The first kappa shape index (κ1) is 20.0. The summed E-state index contributed by atoms with van der Waals surface area (Å²) < 4.78 is 2.13. The third-order valence-electron chi connectivity index (χ3n) is 4.32. The molecular formula is C22H26ClN5. The summed E-state index contributed by atoms with van der Waals surface area (Å²) in [6, 6.07) is 18.3. The van der Waals surface area contributed by atoms with Crippen molar-refractivity contribution in [1.82, 2.24) is 20.2 Å². The number of halogens is 1. The molecule has 0 saturated carbocycles. The third kappa shape index (κ3) is 6.13. The van der Waals surface area contributed by atoms with Gasteiger partial charge in [0, 0.05) is 37.1 Å². The van der Waals surface area contributed by atoms with E-state index in [4.69, 9.17) is 16.6 Å². The Morgan fingerprint density at radius 1 is 1.07 bits per heavy atom. The Hall–Kier alpha value is -2.79. The van der Waals surface area contributed by atoms with Gasteiger partial charge in [-0.15, -0.1) is 0 Å².